The van der Waals surface area contributed by atoms with Crippen LogP contribution < -0.4 is 15.0 Å². The number of carbonyl (C=O) groups is 3. The lowest BCUT2D eigenvalue weighted by Gasteiger charge is -2.36. The maximum Gasteiger partial charge on any atom is 0.339 e. The molecule has 1 fully saturated rings. The fourth-order valence-corrected chi connectivity index (χ4v) is 3.87. The molecule has 10 nitrogen and oxygen atoms in total. The lowest BCUT2D eigenvalue weighted by atomic mass is 10.1. The van der Waals surface area contributed by atoms with Crippen LogP contribution in [0, 0.1) is 0 Å². The maximum atomic E-state index is 12.5. The summed E-state index contributed by atoms with van der Waals surface area (Å²) in [6.45, 7) is 8.00. The second kappa shape index (κ2) is 11.5. The zero-order chi connectivity index (χ0) is 24.7. The fraction of sp³-hybridized carbons (Fsp3) is 0.417. The molecule has 0 radical (unpaired) electrons. The highest BCUT2D eigenvalue weighted by Gasteiger charge is 2.25. The van der Waals surface area contributed by atoms with Gasteiger partial charge < -0.3 is 25.0 Å². The summed E-state index contributed by atoms with van der Waals surface area (Å²) in [5, 5.41) is 12.5. The number of hydrogen-bond donors (Lipinski definition) is 2. The first-order chi connectivity index (χ1) is 16.4. The van der Waals surface area contributed by atoms with Crippen molar-refractivity contribution in [2.75, 3.05) is 63.1 Å². The third-order valence-corrected chi connectivity index (χ3v) is 5.85. The molecule has 0 saturated carbocycles. The van der Waals surface area contributed by atoms with Gasteiger partial charge in [0.15, 0.2) is 0 Å². The number of nitrogens with zero attached hydrogens (tertiary/aromatic N) is 4. The van der Waals surface area contributed by atoms with Gasteiger partial charge in [-0.05, 0) is 44.2 Å². The van der Waals surface area contributed by atoms with Crippen molar-refractivity contribution in [2.45, 2.75) is 13.8 Å². The lowest BCUT2D eigenvalue weighted by molar-refractivity contribution is -0.132. The van der Waals surface area contributed by atoms with Crippen molar-refractivity contribution in [1.82, 2.24) is 14.8 Å². The molecule has 34 heavy (non-hydrogen) atoms. The largest absolute Gasteiger partial charge is 0.497 e. The van der Waals surface area contributed by atoms with Crippen LogP contribution in [0.15, 0.2) is 36.5 Å². The minimum Gasteiger partial charge on any atom is -0.497 e. The molecule has 0 spiro atoms. The van der Waals surface area contributed by atoms with Crippen molar-refractivity contribution in [3.8, 4) is 5.75 Å². The van der Waals surface area contributed by atoms with Gasteiger partial charge >= 0.3 is 5.97 Å². The number of ether oxygens (including phenoxy) is 1. The number of methoxy groups -OCH3 is 1. The number of nitrogens with one attached hydrogen (secondary N) is 1. The quantitative estimate of drug-likeness (QED) is 0.573. The van der Waals surface area contributed by atoms with Gasteiger partial charge in [0.1, 0.15) is 17.1 Å². The summed E-state index contributed by atoms with van der Waals surface area (Å²) in [5.74, 6) is -0.417. The predicted octanol–water partition coefficient (Wildman–Crippen LogP) is 2.03. The van der Waals surface area contributed by atoms with Crippen LogP contribution in [0.5, 0.6) is 5.75 Å². The molecule has 2 heterocycles. The van der Waals surface area contributed by atoms with Crippen molar-refractivity contribution in [3.63, 3.8) is 0 Å². The minimum absolute atomic E-state index is 0.0141. The van der Waals surface area contributed by atoms with E-state index in [9.17, 15) is 19.5 Å². The fourth-order valence-electron chi connectivity index (χ4n) is 3.87. The number of rotatable bonds is 9. The Morgan fingerprint density at radius 3 is 2.29 bits per heavy atom. The van der Waals surface area contributed by atoms with Crippen molar-refractivity contribution in [2.24, 2.45) is 0 Å². The van der Waals surface area contributed by atoms with Crippen LogP contribution in [-0.4, -0.2) is 90.6 Å². The van der Waals surface area contributed by atoms with Crippen LogP contribution in [0.2, 0.25) is 0 Å². The van der Waals surface area contributed by atoms with Gasteiger partial charge in [-0.25, -0.2) is 9.78 Å². The number of likely N-dealkylation sites (N-methyl/N-ethyl adjacent to an activating group) is 1. The third-order valence-electron chi connectivity index (χ3n) is 5.85. The van der Waals surface area contributed by atoms with Gasteiger partial charge in [-0.15, -0.1) is 0 Å². The minimum atomic E-state index is -1.12. The van der Waals surface area contributed by atoms with Crippen LogP contribution in [0.25, 0.3) is 0 Å². The summed E-state index contributed by atoms with van der Waals surface area (Å²) in [4.78, 5) is 47.0. The highest BCUT2D eigenvalue weighted by molar-refractivity contribution is 6.05. The van der Waals surface area contributed by atoms with E-state index in [0.717, 1.165) is 0 Å². The van der Waals surface area contributed by atoms with E-state index < -0.39 is 5.97 Å². The summed E-state index contributed by atoms with van der Waals surface area (Å²) < 4.78 is 5.09. The van der Waals surface area contributed by atoms with E-state index in [1.807, 2.05) is 18.7 Å². The van der Waals surface area contributed by atoms with Gasteiger partial charge in [0.05, 0.1) is 25.5 Å². The average Bonchev–Trinajstić information content (AvgIpc) is 2.85. The Morgan fingerprint density at radius 1 is 1.09 bits per heavy atom. The number of pyridine rings is 1. The number of carbonyl (C=O) groups excluding carboxylic acids is 2. The van der Waals surface area contributed by atoms with Crippen LogP contribution in [0.4, 0.5) is 11.5 Å². The summed E-state index contributed by atoms with van der Waals surface area (Å²) in [5.41, 5.74) is 0.725. The van der Waals surface area contributed by atoms with Gasteiger partial charge in [0, 0.05) is 44.8 Å². The molecule has 0 aliphatic carbocycles. The molecular formula is C24H31N5O5. The summed E-state index contributed by atoms with van der Waals surface area (Å²) in [7, 11) is 1.54. The van der Waals surface area contributed by atoms with Crippen LogP contribution in [0.3, 0.4) is 0 Å². The van der Waals surface area contributed by atoms with E-state index in [1.54, 1.807) is 36.3 Å². The Labute approximate surface area is 199 Å². The number of hydrogen-bond acceptors (Lipinski definition) is 7. The Balaban J connectivity index is 1.66. The number of benzene rings is 1. The zero-order valence-electron chi connectivity index (χ0n) is 19.8. The Bertz CT molecular complexity index is 1010. The van der Waals surface area contributed by atoms with E-state index in [1.165, 1.54) is 12.3 Å². The van der Waals surface area contributed by atoms with Crippen molar-refractivity contribution >= 4 is 29.3 Å². The number of aromatic carboxylic acids is 1. The summed E-state index contributed by atoms with van der Waals surface area (Å²) >= 11 is 0. The Hall–Kier alpha value is -3.66. The number of carboxylic acid groups (broad SMARTS) is 1. The molecule has 1 aliphatic heterocycles. The van der Waals surface area contributed by atoms with Gasteiger partial charge in [0.25, 0.3) is 5.91 Å². The molecule has 1 saturated heterocycles. The van der Waals surface area contributed by atoms with E-state index in [2.05, 4.69) is 15.2 Å². The zero-order valence-corrected chi connectivity index (χ0v) is 19.8. The highest BCUT2D eigenvalue weighted by Crippen LogP contribution is 2.23. The van der Waals surface area contributed by atoms with E-state index in [4.69, 9.17) is 4.74 Å². The monoisotopic (exact) mass is 469 g/mol. The predicted molar refractivity (Wildman–Crippen MR) is 129 cm³/mol. The molecule has 0 atom stereocenters. The van der Waals surface area contributed by atoms with Crippen LogP contribution >= 0.6 is 0 Å². The average molecular weight is 470 g/mol. The number of anilines is 2. The van der Waals surface area contributed by atoms with Crippen molar-refractivity contribution < 1.29 is 24.2 Å². The molecule has 1 aromatic carbocycles. The van der Waals surface area contributed by atoms with E-state index >= 15 is 0 Å². The van der Waals surface area contributed by atoms with Gasteiger partial charge in [0.2, 0.25) is 5.91 Å². The smallest absolute Gasteiger partial charge is 0.339 e. The molecule has 10 heteroatoms. The first-order valence-corrected chi connectivity index (χ1v) is 11.3. The standard InChI is InChI=1S/C24H31N5O5/c1-4-28(5-2)21(30)16-27-10-12-29(13-11-27)22-20(24(32)33)14-18(15-25-22)26-23(31)17-6-8-19(34-3)9-7-17/h6-9,14-15H,4-5,10-13,16H2,1-3H3,(H,26,31)(H,32,33). The second-order valence-corrected chi connectivity index (χ2v) is 7.91. The maximum absolute atomic E-state index is 12.5. The molecule has 0 unspecified atom stereocenters. The van der Waals surface area contributed by atoms with Crippen molar-refractivity contribution in [3.05, 3.63) is 47.7 Å². The number of carboxylic acids is 1. The van der Waals surface area contributed by atoms with Gasteiger partial charge in [-0.1, -0.05) is 0 Å². The molecule has 3 rings (SSSR count). The van der Waals surface area contributed by atoms with Gasteiger partial charge in [-0.2, -0.15) is 0 Å². The molecule has 0 bridgehead atoms. The van der Waals surface area contributed by atoms with Gasteiger partial charge in [-0.3, -0.25) is 14.5 Å². The Morgan fingerprint density at radius 2 is 1.74 bits per heavy atom. The molecule has 182 valence electrons. The normalized spacial score (nSPS) is 13.9. The topological polar surface area (TPSA) is 115 Å². The van der Waals surface area contributed by atoms with E-state index in [-0.39, 0.29) is 17.4 Å². The van der Waals surface area contributed by atoms with Crippen LogP contribution in [0.1, 0.15) is 34.6 Å². The molecule has 2 amide bonds. The summed E-state index contributed by atoms with van der Waals surface area (Å²) in [6.07, 6.45) is 1.46. The summed E-state index contributed by atoms with van der Waals surface area (Å²) in [6, 6.07) is 8.02. The SMILES string of the molecule is CCN(CC)C(=O)CN1CCN(c2ncc(NC(=O)c3ccc(OC)cc3)cc2C(=O)O)CC1. The lowest BCUT2D eigenvalue weighted by Crippen LogP contribution is -2.50. The second-order valence-electron chi connectivity index (χ2n) is 7.91. The molecule has 1 aromatic heterocycles. The first-order valence-electron chi connectivity index (χ1n) is 11.3. The number of amides is 2. The van der Waals surface area contributed by atoms with Crippen molar-refractivity contribution in [1.29, 1.82) is 0 Å². The molecule has 2 aromatic rings. The molecular weight excluding hydrogens is 438 g/mol. The van der Waals surface area contributed by atoms with E-state index in [0.29, 0.717) is 68.6 Å². The van der Waals surface area contributed by atoms with Crippen LogP contribution in [-0.2, 0) is 4.79 Å². The highest BCUT2D eigenvalue weighted by atomic mass is 16.5. The molecule has 2 N–H and O–H groups in total. The Kier molecular flexibility index (Phi) is 8.42. The number of piperazine rings is 1. The first kappa shape index (κ1) is 25.0. The third kappa shape index (κ3) is 6.02. The number of aromatic nitrogens is 1. The molecule has 1 aliphatic rings.